The zero-order valence-electron chi connectivity index (χ0n) is 12.7. The first kappa shape index (κ1) is 15.0. The molecule has 0 unspecified atom stereocenters. The molecule has 0 aliphatic heterocycles. The number of fused-ring (bicyclic) bond motifs is 1. The molecule has 0 amide bonds. The Bertz CT molecular complexity index is 1010. The lowest BCUT2D eigenvalue weighted by atomic mass is 10.2. The second kappa shape index (κ2) is 6.14. The Morgan fingerprint density at radius 1 is 1.08 bits per heavy atom. The van der Waals surface area contributed by atoms with Crippen LogP contribution in [0.3, 0.4) is 0 Å². The Balaban J connectivity index is 1.83. The summed E-state index contributed by atoms with van der Waals surface area (Å²) in [6.07, 6.45) is 1.66. The van der Waals surface area contributed by atoms with Gasteiger partial charge in [0.25, 0.3) is 0 Å². The van der Waals surface area contributed by atoms with E-state index in [0.717, 1.165) is 26.5 Å². The molecule has 0 fully saturated rings. The number of hydrogen-bond donors (Lipinski definition) is 1. The third kappa shape index (κ3) is 2.60. The van der Waals surface area contributed by atoms with Gasteiger partial charge in [-0.1, -0.05) is 36.4 Å². The predicted octanol–water partition coefficient (Wildman–Crippen LogP) is 3.84. The number of aromatic nitrogens is 3. The van der Waals surface area contributed by atoms with Gasteiger partial charge >= 0.3 is 0 Å². The monoisotopic (exact) mass is 339 g/mol. The van der Waals surface area contributed by atoms with Crippen molar-refractivity contribution in [1.82, 2.24) is 14.8 Å². The summed E-state index contributed by atoms with van der Waals surface area (Å²) in [6.45, 7) is 0.316. The summed E-state index contributed by atoms with van der Waals surface area (Å²) in [5.41, 5.74) is 2.27. The van der Waals surface area contributed by atoms with Crippen molar-refractivity contribution in [3.05, 3.63) is 71.0 Å². The first-order chi connectivity index (χ1) is 11.8. The first-order valence-corrected chi connectivity index (χ1v) is 8.33. The molecule has 2 aromatic carbocycles. The van der Waals surface area contributed by atoms with Crippen LogP contribution < -0.4 is 0 Å². The van der Waals surface area contributed by atoms with Gasteiger partial charge in [-0.25, -0.2) is 9.37 Å². The minimum atomic E-state index is -0.240. The van der Waals surface area contributed by atoms with E-state index in [4.69, 9.17) is 0 Å². The molecular weight excluding hydrogens is 325 g/mol. The van der Waals surface area contributed by atoms with Crippen molar-refractivity contribution in [2.45, 2.75) is 13.2 Å². The summed E-state index contributed by atoms with van der Waals surface area (Å²) >= 11 is 1.41. The van der Waals surface area contributed by atoms with Gasteiger partial charge in [0.05, 0.1) is 23.5 Å². The molecule has 24 heavy (non-hydrogen) atoms. The summed E-state index contributed by atoms with van der Waals surface area (Å²) in [5.74, 6) is -0.240. The molecule has 0 saturated heterocycles. The molecule has 0 aliphatic carbocycles. The highest BCUT2D eigenvalue weighted by atomic mass is 32.1. The first-order valence-electron chi connectivity index (χ1n) is 7.51. The fraction of sp³-hybridized carbons (Fsp3) is 0.111. The molecule has 0 spiro atoms. The van der Waals surface area contributed by atoms with Crippen molar-refractivity contribution in [2.75, 3.05) is 0 Å². The van der Waals surface area contributed by atoms with E-state index in [2.05, 4.69) is 10.1 Å². The zero-order chi connectivity index (χ0) is 16.5. The van der Waals surface area contributed by atoms with E-state index >= 15 is 0 Å². The number of rotatable bonds is 4. The van der Waals surface area contributed by atoms with E-state index in [-0.39, 0.29) is 12.4 Å². The average Bonchev–Trinajstić information content (AvgIpc) is 3.22. The van der Waals surface area contributed by atoms with Gasteiger partial charge in [-0.3, -0.25) is 4.68 Å². The molecule has 4 rings (SSSR count). The molecule has 0 aliphatic rings. The third-order valence-corrected chi connectivity index (χ3v) is 4.84. The van der Waals surface area contributed by atoms with Crippen LogP contribution in [0.5, 0.6) is 0 Å². The SMILES string of the molecule is OCc1cnc(-c2nn(Cc3ccccc3F)c3ccccc23)s1. The maximum absolute atomic E-state index is 14.0. The van der Waals surface area contributed by atoms with Crippen LogP contribution in [-0.2, 0) is 13.2 Å². The van der Waals surface area contributed by atoms with Crippen molar-refractivity contribution in [3.8, 4) is 10.7 Å². The van der Waals surface area contributed by atoms with Crippen LogP contribution in [0.1, 0.15) is 10.4 Å². The fourth-order valence-electron chi connectivity index (χ4n) is 2.68. The molecule has 0 radical (unpaired) electrons. The number of benzene rings is 2. The van der Waals surface area contributed by atoms with E-state index in [1.165, 1.54) is 17.4 Å². The molecule has 4 nitrogen and oxygen atoms in total. The smallest absolute Gasteiger partial charge is 0.144 e. The maximum atomic E-state index is 14.0. The molecule has 0 bridgehead atoms. The number of para-hydroxylation sites is 1. The van der Waals surface area contributed by atoms with Gasteiger partial charge in [0, 0.05) is 17.1 Å². The lowest BCUT2D eigenvalue weighted by molar-refractivity contribution is 0.285. The van der Waals surface area contributed by atoms with E-state index < -0.39 is 0 Å². The van der Waals surface area contributed by atoms with Gasteiger partial charge in [0.15, 0.2) is 0 Å². The van der Waals surface area contributed by atoms with Gasteiger partial charge in [-0.15, -0.1) is 11.3 Å². The Kier molecular flexibility index (Phi) is 3.84. The quantitative estimate of drug-likeness (QED) is 0.615. The molecule has 0 atom stereocenters. The fourth-order valence-corrected chi connectivity index (χ4v) is 3.46. The number of halogens is 1. The van der Waals surface area contributed by atoms with Gasteiger partial charge < -0.3 is 5.11 Å². The lowest BCUT2D eigenvalue weighted by Crippen LogP contribution is -2.03. The minimum absolute atomic E-state index is 0.0362. The summed E-state index contributed by atoms with van der Waals surface area (Å²) < 4.78 is 15.8. The van der Waals surface area contributed by atoms with Crippen molar-refractivity contribution < 1.29 is 9.50 Å². The normalized spacial score (nSPS) is 11.2. The largest absolute Gasteiger partial charge is 0.391 e. The number of thiazole rings is 1. The summed E-state index contributed by atoms with van der Waals surface area (Å²) in [6, 6.07) is 14.5. The lowest BCUT2D eigenvalue weighted by Gasteiger charge is -2.04. The van der Waals surface area contributed by atoms with Gasteiger partial charge in [-0.2, -0.15) is 5.10 Å². The molecule has 2 aromatic heterocycles. The van der Waals surface area contributed by atoms with Crippen molar-refractivity contribution in [1.29, 1.82) is 0 Å². The molecule has 0 saturated carbocycles. The second-order valence-corrected chi connectivity index (χ2v) is 6.52. The van der Waals surface area contributed by atoms with Crippen LogP contribution in [0.25, 0.3) is 21.6 Å². The summed E-state index contributed by atoms with van der Waals surface area (Å²) in [5, 5.41) is 15.6. The Morgan fingerprint density at radius 2 is 1.88 bits per heavy atom. The highest BCUT2D eigenvalue weighted by Crippen LogP contribution is 2.31. The number of aliphatic hydroxyl groups excluding tert-OH is 1. The van der Waals surface area contributed by atoms with Gasteiger partial charge in [0.2, 0.25) is 0 Å². The average molecular weight is 339 g/mol. The molecular formula is C18H14FN3OS. The number of aliphatic hydroxyl groups is 1. The predicted molar refractivity (Wildman–Crippen MR) is 92.3 cm³/mol. The van der Waals surface area contributed by atoms with Crippen LogP contribution in [0.2, 0.25) is 0 Å². The van der Waals surface area contributed by atoms with Crippen molar-refractivity contribution >= 4 is 22.2 Å². The molecule has 2 heterocycles. The molecule has 1 N–H and O–H groups in total. The Labute approximate surface area is 141 Å². The topological polar surface area (TPSA) is 50.9 Å². The van der Waals surface area contributed by atoms with E-state index in [1.54, 1.807) is 23.0 Å². The van der Waals surface area contributed by atoms with Crippen molar-refractivity contribution in [2.24, 2.45) is 0 Å². The Morgan fingerprint density at radius 3 is 2.67 bits per heavy atom. The summed E-state index contributed by atoms with van der Waals surface area (Å²) in [7, 11) is 0. The van der Waals surface area contributed by atoms with E-state index in [0.29, 0.717) is 12.1 Å². The van der Waals surface area contributed by atoms with Crippen LogP contribution in [-0.4, -0.2) is 19.9 Å². The van der Waals surface area contributed by atoms with Crippen LogP contribution in [0, 0.1) is 5.82 Å². The Hall–Kier alpha value is -2.57. The minimum Gasteiger partial charge on any atom is -0.391 e. The van der Waals surface area contributed by atoms with E-state index in [1.807, 2.05) is 30.3 Å². The maximum Gasteiger partial charge on any atom is 0.144 e. The van der Waals surface area contributed by atoms with Crippen LogP contribution >= 0.6 is 11.3 Å². The standard InChI is InChI=1S/C18H14FN3OS/c19-15-7-3-1-5-12(15)10-22-16-8-4-2-6-14(16)17(21-22)18-20-9-13(11-23)24-18/h1-9,23H,10-11H2. The van der Waals surface area contributed by atoms with Crippen LogP contribution in [0.4, 0.5) is 4.39 Å². The molecule has 4 aromatic rings. The highest BCUT2D eigenvalue weighted by Gasteiger charge is 2.16. The van der Waals surface area contributed by atoms with Crippen molar-refractivity contribution in [3.63, 3.8) is 0 Å². The number of nitrogens with zero attached hydrogens (tertiary/aromatic N) is 3. The zero-order valence-corrected chi connectivity index (χ0v) is 13.5. The molecule has 6 heteroatoms. The number of hydrogen-bond acceptors (Lipinski definition) is 4. The van der Waals surface area contributed by atoms with E-state index in [9.17, 15) is 9.50 Å². The van der Waals surface area contributed by atoms with Gasteiger partial charge in [0.1, 0.15) is 16.5 Å². The highest BCUT2D eigenvalue weighted by molar-refractivity contribution is 7.15. The third-order valence-electron chi connectivity index (χ3n) is 3.85. The summed E-state index contributed by atoms with van der Waals surface area (Å²) in [4.78, 5) is 5.14. The second-order valence-electron chi connectivity index (χ2n) is 5.40. The molecule has 120 valence electrons. The van der Waals surface area contributed by atoms with Gasteiger partial charge in [-0.05, 0) is 12.1 Å². The van der Waals surface area contributed by atoms with Crippen LogP contribution in [0.15, 0.2) is 54.7 Å².